The lowest BCUT2D eigenvalue weighted by molar-refractivity contribution is -0.302. The summed E-state index contributed by atoms with van der Waals surface area (Å²) in [4.78, 5) is 12.8. The van der Waals surface area contributed by atoms with Gasteiger partial charge in [0.1, 0.15) is 24.4 Å². The van der Waals surface area contributed by atoms with Gasteiger partial charge in [-0.1, -0.05) is 154 Å². The third-order valence-corrected chi connectivity index (χ3v) is 9.53. The van der Waals surface area contributed by atoms with Gasteiger partial charge in [0.05, 0.1) is 25.4 Å². The molecule has 0 aliphatic carbocycles. The largest absolute Gasteiger partial charge is 0.394 e. The molecular formula is C40H75NO8. The van der Waals surface area contributed by atoms with Crippen LogP contribution in [0.3, 0.4) is 0 Å². The molecule has 0 spiro atoms. The fraction of sp³-hybridized carbons (Fsp3) is 0.875. The average molecular weight is 698 g/mol. The molecule has 0 aromatic rings. The lowest BCUT2D eigenvalue weighted by Crippen LogP contribution is -2.60. The topological polar surface area (TPSA) is 149 Å². The van der Waals surface area contributed by atoms with Crippen LogP contribution in [-0.2, 0) is 14.3 Å². The quantitative estimate of drug-likeness (QED) is 0.0320. The summed E-state index contributed by atoms with van der Waals surface area (Å²) in [5, 5.41) is 53.9. The molecule has 1 aliphatic rings. The Bertz CT molecular complexity index is 822. The number of ether oxygens (including phenoxy) is 2. The van der Waals surface area contributed by atoms with Crippen LogP contribution in [0.1, 0.15) is 168 Å². The van der Waals surface area contributed by atoms with E-state index in [0.29, 0.717) is 6.42 Å². The number of rotatable bonds is 32. The van der Waals surface area contributed by atoms with E-state index < -0.39 is 49.5 Å². The van der Waals surface area contributed by atoms with Crippen LogP contribution < -0.4 is 5.32 Å². The number of carbonyl (C=O) groups excluding carboxylic acids is 1. The first-order valence-electron chi connectivity index (χ1n) is 20.1. The van der Waals surface area contributed by atoms with E-state index in [-0.39, 0.29) is 12.5 Å². The van der Waals surface area contributed by atoms with Crippen LogP contribution in [-0.4, -0.2) is 87.5 Å². The first-order chi connectivity index (χ1) is 23.8. The summed E-state index contributed by atoms with van der Waals surface area (Å²) in [5.74, 6) is -0.190. The van der Waals surface area contributed by atoms with Crippen molar-refractivity contribution in [2.24, 2.45) is 0 Å². The van der Waals surface area contributed by atoms with E-state index in [4.69, 9.17) is 9.47 Å². The maximum absolute atomic E-state index is 12.8. The van der Waals surface area contributed by atoms with E-state index in [2.05, 4.69) is 31.3 Å². The minimum absolute atomic E-state index is 0.190. The molecule has 7 atom stereocenters. The van der Waals surface area contributed by atoms with Crippen molar-refractivity contribution in [2.45, 2.75) is 211 Å². The molecule has 0 radical (unpaired) electrons. The highest BCUT2D eigenvalue weighted by Gasteiger charge is 2.44. The molecule has 9 nitrogen and oxygen atoms in total. The van der Waals surface area contributed by atoms with Crippen molar-refractivity contribution >= 4 is 5.91 Å². The smallest absolute Gasteiger partial charge is 0.220 e. The van der Waals surface area contributed by atoms with Gasteiger partial charge in [-0.3, -0.25) is 4.79 Å². The van der Waals surface area contributed by atoms with Gasteiger partial charge in [0, 0.05) is 6.42 Å². The van der Waals surface area contributed by atoms with E-state index in [1.807, 2.05) is 6.08 Å². The average Bonchev–Trinajstić information content (AvgIpc) is 3.10. The molecule has 7 unspecified atom stereocenters. The molecule has 0 aromatic heterocycles. The van der Waals surface area contributed by atoms with E-state index >= 15 is 0 Å². The lowest BCUT2D eigenvalue weighted by Gasteiger charge is -2.40. The summed E-state index contributed by atoms with van der Waals surface area (Å²) in [5.41, 5.74) is 0. The van der Waals surface area contributed by atoms with Crippen LogP contribution in [0.25, 0.3) is 0 Å². The van der Waals surface area contributed by atoms with Crippen molar-refractivity contribution in [3.8, 4) is 0 Å². The number of allylic oxidation sites excluding steroid dienone is 3. The molecule has 1 amide bonds. The Morgan fingerprint density at radius 3 is 1.71 bits per heavy atom. The van der Waals surface area contributed by atoms with Gasteiger partial charge in [0.2, 0.25) is 5.91 Å². The van der Waals surface area contributed by atoms with Crippen LogP contribution in [0.5, 0.6) is 0 Å². The lowest BCUT2D eigenvalue weighted by atomic mass is 9.99. The van der Waals surface area contributed by atoms with E-state index in [9.17, 15) is 30.3 Å². The van der Waals surface area contributed by atoms with E-state index in [1.54, 1.807) is 6.08 Å². The minimum Gasteiger partial charge on any atom is -0.394 e. The second kappa shape index (κ2) is 31.4. The Morgan fingerprint density at radius 2 is 1.16 bits per heavy atom. The molecule has 1 rings (SSSR count). The molecule has 49 heavy (non-hydrogen) atoms. The number of nitrogens with one attached hydrogen (secondary N) is 1. The van der Waals surface area contributed by atoms with Crippen LogP contribution >= 0.6 is 0 Å². The Hall–Kier alpha value is -1.33. The summed E-state index contributed by atoms with van der Waals surface area (Å²) in [6.45, 7) is 3.72. The number of unbranched alkanes of at least 4 members (excludes halogenated alkanes) is 20. The summed E-state index contributed by atoms with van der Waals surface area (Å²) in [6.07, 6.45) is 27.9. The third-order valence-electron chi connectivity index (χ3n) is 9.53. The van der Waals surface area contributed by atoms with Gasteiger partial charge in [-0.2, -0.15) is 0 Å². The first-order valence-corrected chi connectivity index (χ1v) is 20.1. The van der Waals surface area contributed by atoms with Crippen molar-refractivity contribution in [1.29, 1.82) is 0 Å². The SMILES string of the molecule is CCCCCCCCCCCC/C=C/CC/C=C/C(O)C(COC1OC(CO)C(O)C(O)C1O)NC(=O)CCCCCCCCCCCC. The maximum Gasteiger partial charge on any atom is 0.220 e. The molecule has 0 bridgehead atoms. The van der Waals surface area contributed by atoms with E-state index in [0.717, 1.165) is 38.5 Å². The molecule has 0 saturated carbocycles. The maximum atomic E-state index is 12.8. The highest BCUT2D eigenvalue weighted by atomic mass is 16.7. The molecule has 1 aliphatic heterocycles. The second-order valence-electron chi connectivity index (χ2n) is 14.1. The highest BCUT2D eigenvalue weighted by Crippen LogP contribution is 2.22. The predicted octanol–water partition coefficient (Wildman–Crippen LogP) is 7.16. The monoisotopic (exact) mass is 698 g/mol. The summed E-state index contributed by atoms with van der Waals surface area (Å²) in [6, 6.07) is -0.814. The van der Waals surface area contributed by atoms with Crippen LogP contribution in [0.15, 0.2) is 24.3 Å². The van der Waals surface area contributed by atoms with Crippen molar-refractivity contribution in [1.82, 2.24) is 5.32 Å². The van der Waals surface area contributed by atoms with Crippen molar-refractivity contribution in [3.63, 3.8) is 0 Å². The fourth-order valence-electron chi connectivity index (χ4n) is 6.23. The van der Waals surface area contributed by atoms with Crippen molar-refractivity contribution < 1.29 is 39.8 Å². The first kappa shape index (κ1) is 45.7. The number of aliphatic hydroxyl groups is 5. The predicted molar refractivity (Wildman–Crippen MR) is 198 cm³/mol. The van der Waals surface area contributed by atoms with E-state index in [1.165, 1.54) is 109 Å². The fourth-order valence-corrected chi connectivity index (χ4v) is 6.23. The molecule has 288 valence electrons. The standard InChI is InChI=1S/C40H75NO8/c1-3-5-7-9-11-13-15-16-17-18-19-20-21-23-25-27-29-34(43)33(32-48-40-39(47)38(46)37(45)35(31-42)49-40)41-36(44)30-28-26-24-22-14-12-10-8-6-4-2/h20-21,27,29,33-35,37-40,42-43,45-47H,3-19,22-26,28,30-32H2,1-2H3,(H,41,44)/b21-20+,29-27+. The molecule has 9 heteroatoms. The van der Waals surface area contributed by atoms with Gasteiger partial charge in [0.15, 0.2) is 6.29 Å². The Balaban J connectivity index is 2.46. The molecule has 1 heterocycles. The number of aliphatic hydroxyl groups excluding tert-OH is 5. The van der Waals surface area contributed by atoms with Crippen LogP contribution in [0.4, 0.5) is 0 Å². The zero-order valence-electron chi connectivity index (χ0n) is 31.2. The van der Waals surface area contributed by atoms with Crippen molar-refractivity contribution in [3.05, 3.63) is 24.3 Å². The number of hydrogen-bond donors (Lipinski definition) is 6. The van der Waals surface area contributed by atoms with Gasteiger partial charge in [-0.05, 0) is 32.1 Å². The van der Waals surface area contributed by atoms with Gasteiger partial charge in [-0.25, -0.2) is 0 Å². The van der Waals surface area contributed by atoms with Gasteiger partial charge >= 0.3 is 0 Å². The molecule has 1 saturated heterocycles. The van der Waals surface area contributed by atoms with Gasteiger partial charge < -0.3 is 40.3 Å². The minimum atomic E-state index is -1.57. The molecule has 6 N–H and O–H groups in total. The number of amides is 1. The van der Waals surface area contributed by atoms with Crippen LogP contribution in [0.2, 0.25) is 0 Å². The molecule has 1 fully saturated rings. The Kier molecular flexibility index (Phi) is 29.3. The van der Waals surface area contributed by atoms with Crippen molar-refractivity contribution in [2.75, 3.05) is 13.2 Å². The zero-order chi connectivity index (χ0) is 36.0. The number of hydrogen-bond acceptors (Lipinski definition) is 8. The summed E-state index contributed by atoms with van der Waals surface area (Å²) in [7, 11) is 0. The summed E-state index contributed by atoms with van der Waals surface area (Å²) >= 11 is 0. The second-order valence-corrected chi connectivity index (χ2v) is 14.1. The van der Waals surface area contributed by atoms with Gasteiger partial charge in [-0.15, -0.1) is 0 Å². The molecular weight excluding hydrogens is 622 g/mol. The van der Waals surface area contributed by atoms with Crippen LogP contribution in [0, 0.1) is 0 Å². The third kappa shape index (κ3) is 23.0. The highest BCUT2D eigenvalue weighted by molar-refractivity contribution is 5.76. The zero-order valence-corrected chi connectivity index (χ0v) is 31.2. The Labute approximate surface area is 298 Å². The normalized spacial score (nSPS) is 22.6. The Morgan fingerprint density at radius 1 is 0.673 bits per heavy atom. The van der Waals surface area contributed by atoms with Gasteiger partial charge in [0.25, 0.3) is 0 Å². The summed E-state index contributed by atoms with van der Waals surface area (Å²) < 4.78 is 11.1. The number of carbonyl (C=O) groups is 1. The molecule has 0 aromatic carbocycles.